The lowest BCUT2D eigenvalue weighted by Gasteiger charge is -2.12. The molecular weight excluding hydrogens is 468 g/mol. The average Bonchev–Trinajstić information content (AvgIpc) is 2.69. The molecule has 0 bridgehead atoms. The Labute approximate surface area is 184 Å². The molecule has 0 aromatic heterocycles. The molecule has 0 saturated heterocycles. The molecule has 3 aromatic rings. The van der Waals surface area contributed by atoms with Gasteiger partial charge in [-0.25, -0.2) is 8.42 Å². The maximum atomic E-state index is 12.8. The first-order valence-electron chi connectivity index (χ1n) is 9.22. The minimum absolute atomic E-state index is 0.00127. The van der Waals surface area contributed by atoms with Crippen molar-refractivity contribution < 1.29 is 17.9 Å². The van der Waals surface area contributed by atoms with E-state index in [1.165, 1.54) is 12.1 Å². The van der Waals surface area contributed by atoms with Crippen molar-refractivity contribution in [3.8, 4) is 5.75 Å². The van der Waals surface area contributed by atoms with Crippen LogP contribution < -0.4 is 14.8 Å². The van der Waals surface area contributed by atoms with E-state index in [0.29, 0.717) is 29.3 Å². The van der Waals surface area contributed by atoms with Gasteiger partial charge in [-0.3, -0.25) is 9.52 Å². The molecule has 30 heavy (non-hydrogen) atoms. The molecule has 1 amide bonds. The van der Waals surface area contributed by atoms with E-state index in [2.05, 4.69) is 26.0 Å². The van der Waals surface area contributed by atoms with Gasteiger partial charge in [0, 0.05) is 21.4 Å². The zero-order valence-electron chi connectivity index (χ0n) is 16.5. The summed E-state index contributed by atoms with van der Waals surface area (Å²) in [6, 6.07) is 18.3. The van der Waals surface area contributed by atoms with E-state index in [-0.39, 0.29) is 16.4 Å². The Morgan fingerprint density at radius 2 is 1.73 bits per heavy atom. The number of sulfonamides is 1. The van der Waals surface area contributed by atoms with Gasteiger partial charge >= 0.3 is 0 Å². The molecule has 3 aromatic carbocycles. The maximum Gasteiger partial charge on any atom is 0.261 e. The highest BCUT2D eigenvalue weighted by atomic mass is 79.9. The van der Waals surface area contributed by atoms with Gasteiger partial charge in [0.25, 0.3) is 15.9 Å². The van der Waals surface area contributed by atoms with Crippen molar-refractivity contribution in [1.82, 2.24) is 0 Å². The van der Waals surface area contributed by atoms with Crippen LogP contribution in [0.5, 0.6) is 5.75 Å². The predicted molar refractivity (Wildman–Crippen MR) is 122 cm³/mol. The average molecular weight is 489 g/mol. The fourth-order valence-electron chi connectivity index (χ4n) is 2.78. The number of rotatable bonds is 7. The van der Waals surface area contributed by atoms with Crippen molar-refractivity contribution in [3.05, 3.63) is 82.3 Å². The molecule has 0 heterocycles. The number of nitrogens with one attached hydrogen (secondary N) is 2. The van der Waals surface area contributed by atoms with E-state index in [4.69, 9.17) is 4.74 Å². The number of hydrogen-bond acceptors (Lipinski definition) is 4. The van der Waals surface area contributed by atoms with Crippen molar-refractivity contribution in [2.75, 3.05) is 16.6 Å². The van der Waals surface area contributed by atoms with Gasteiger partial charge in [-0.15, -0.1) is 0 Å². The van der Waals surface area contributed by atoms with Crippen molar-refractivity contribution in [1.29, 1.82) is 0 Å². The fourth-order valence-corrected chi connectivity index (χ4v) is 4.26. The van der Waals surface area contributed by atoms with Crippen LogP contribution in [0, 0.1) is 6.92 Å². The number of aryl methyl sites for hydroxylation is 1. The summed E-state index contributed by atoms with van der Waals surface area (Å²) in [5.41, 5.74) is 1.96. The summed E-state index contributed by atoms with van der Waals surface area (Å²) < 4.78 is 34.4. The fraction of sp³-hybridized carbons (Fsp3) is 0.136. The number of benzene rings is 3. The van der Waals surface area contributed by atoms with E-state index in [1.807, 2.05) is 13.0 Å². The molecule has 0 fully saturated rings. The van der Waals surface area contributed by atoms with Gasteiger partial charge in [-0.05, 0) is 74.0 Å². The van der Waals surface area contributed by atoms with Gasteiger partial charge in [0.05, 0.1) is 11.5 Å². The molecule has 8 heteroatoms. The summed E-state index contributed by atoms with van der Waals surface area (Å²) in [5, 5.41) is 2.79. The smallest absolute Gasteiger partial charge is 0.261 e. The number of anilines is 2. The van der Waals surface area contributed by atoms with Crippen LogP contribution in [0.15, 0.2) is 76.1 Å². The molecule has 0 atom stereocenters. The number of ether oxygens (including phenoxy) is 1. The summed E-state index contributed by atoms with van der Waals surface area (Å²) in [4.78, 5) is 12.7. The van der Waals surface area contributed by atoms with Gasteiger partial charge in [-0.1, -0.05) is 28.1 Å². The molecular formula is C22H21BrN2O4S. The second kappa shape index (κ2) is 9.32. The van der Waals surface area contributed by atoms with Crippen LogP contribution in [-0.2, 0) is 10.0 Å². The van der Waals surface area contributed by atoms with Crippen molar-refractivity contribution in [2.45, 2.75) is 18.7 Å². The Morgan fingerprint density at radius 1 is 1.00 bits per heavy atom. The van der Waals surface area contributed by atoms with E-state index < -0.39 is 10.0 Å². The molecule has 0 unspecified atom stereocenters. The standard InChI is InChI=1S/C22H21BrN2O4S/c1-3-29-19-10-8-17(9-11-19)25-30(27,28)20-12-7-15(2)21(14-20)22(26)24-18-6-4-5-16(23)13-18/h4-14,25H,3H2,1-2H3,(H,24,26). The van der Waals surface area contributed by atoms with Crippen molar-refractivity contribution >= 4 is 43.2 Å². The topological polar surface area (TPSA) is 84.5 Å². The monoisotopic (exact) mass is 488 g/mol. The third-order valence-corrected chi connectivity index (χ3v) is 6.14. The highest BCUT2D eigenvalue weighted by Crippen LogP contribution is 2.23. The SMILES string of the molecule is CCOc1ccc(NS(=O)(=O)c2ccc(C)c(C(=O)Nc3cccc(Br)c3)c2)cc1. The number of carbonyl (C=O) groups excluding carboxylic acids is 1. The molecule has 0 aliphatic carbocycles. The van der Waals surface area contributed by atoms with Gasteiger partial charge in [0.1, 0.15) is 5.75 Å². The third kappa shape index (κ3) is 5.40. The van der Waals surface area contributed by atoms with E-state index in [9.17, 15) is 13.2 Å². The Balaban J connectivity index is 1.83. The van der Waals surface area contributed by atoms with Gasteiger partial charge in [0.2, 0.25) is 0 Å². The van der Waals surface area contributed by atoms with Crippen LogP contribution in [0.25, 0.3) is 0 Å². The number of halogens is 1. The van der Waals surface area contributed by atoms with Crippen LogP contribution in [0.1, 0.15) is 22.8 Å². The minimum Gasteiger partial charge on any atom is -0.494 e. The van der Waals surface area contributed by atoms with Crippen LogP contribution in [-0.4, -0.2) is 20.9 Å². The predicted octanol–water partition coefficient (Wildman–Crippen LogP) is 5.21. The molecule has 156 valence electrons. The van der Waals surface area contributed by atoms with Crippen molar-refractivity contribution in [2.24, 2.45) is 0 Å². The molecule has 0 spiro atoms. The molecule has 3 rings (SSSR count). The molecule has 0 saturated carbocycles. The highest BCUT2D eigenvalue weighted by molar-refractivity contribution is 9.10. The minimum atomic E-state index is -3.87. The summed E-state index contributed by atoms with van der Waals surface area (Å²) in [7, 11) is -3.87. The lowest BCUT2D eigenvalue weighted by molar-refractivity contribution is 0.102. The van der Waals surface area contributed by atoms with Crippen LogP contribution in [0.2, 0.25) is 0 Å². The molecule has 0 aliphatic heterocycles. The number of carbonyl (C=O) groups is 1. The Morgan fingerprint density at radius 3 is 2.40 bits per heavy atom. The van der Waals surface area contributed by atoms with Crippen LogP contribution >= 0.6 is 15.9 Å². The quantitative estimate of drug-likeness (QED) is 0.477. The van der Waals surface area contributed by atoms with Gasteiger partial charge < -0.3 is 10.1 Å². The molecule has 0 aliphatic rings. The highest BCUT2D eigenvalue weighted by Gasteiger charge is 2.18. The summed E-state index contributed by atoms with van der Waals surface area (Å²) >= 11 is 3.36. The van der Waals surface area contributed by atoms with E-state index >= 15 is 0 Å². The van der Waals surface area contributed by atoms with Gasteiger partial charge in [-0.2, -0.15) is 0 Å². The molecule has 2 N–H and O–H groups in total. The molecule has 0 radical (unpaired) electrons. The Hall–Kier alpha value is -2.84. The second-order valence-corrected chi connectivity index (χ2v) is 9.10. The van der Waals surface area contributed by atoms with Gasteiger partial charge in [0.15, 0.2) is 0 Å². The largest absolute Gasteiger partial charge is 0.494 e. The first-order valence-corrected chi connectivity index (χ1v) is 11.5. The summed E-state index contributed by atoms with van der Waals surface area (Å²) in [5.74, 6) is 0.269. The normalized spacial score (nSPS) is 11.0. The van der Waals surface area contributed by atoms with E-state index in [0.717, 1.165) is 4.47 Å². The van der Waals surface area contributed by atoms with Crippen LogP contribution in [0.3, 0.4) is 0 Å². The maximum absolute atomic E-state index is 12.8. The Bertz CT molecular complexity index is 1160. The first-order chi connectivity index (χ1) is 14.3. The summed E-state index contributed by atoms with van der Waals surface area (Å²) in [6.45, 7) is 4.16. The number of hydrogen-bond donors (Lipinski definition) is 2. The molecule has 6 nitrogen and oxygen atoms in total. The second-order valence-electron chi connectivity index (χ2n) is 6.50. The zero-order chi connectivity index (χ0) is 21.7. The lowest BCUT2D eigenvalue weighted by atomic mass is 10.1. The zero-order valence-corrected chi connectivity index (χ0v) is 18.9. The third-order valence-electron chi connectivity index (χ3n) is 4.26. The van der Waals surface area contributed by atoms with E-state index in [1.54, 1.807) is 55.5 Å². The Kier molecular flexibility index (Phi) is 6.79. The van der Waals surface area contributed by atoms with Crippen molar-refractivity contribution in [3.63, 3.8) is 0 Å². The first kappa shape index (κ1) is 21.9. The number of amides is 1. The van der Waals surface area contributed by atoms with Crippen LogP contribution in [0.4, 0.5) is 11.4 Å². The summed E-state index contributed by atoms with van der Waals surface area (Å²) in [6.07, 6.45) is 0. The lowest BCUT2D eigenvalue weighted by Crippen LogP contribution is -2.17.